The Morgan fingerprint density at radius 2 is 1.18 bits per heavy atom. The highest BCUT2D eigenvalue weighted by atomic mass is 19.1. The molecule has 0 saturated carbocycles. The third-order valence-electron chi connectivity index (χ3n) is 5.79. The van der Waals surface area contributed by atoms with E-state index in [9.17, 15) is 8.78 Å². The van der Waals surface area contributed by atoms with Crippen molar-refractivity contribution in [2.24, 2.45) is 0 Å². The van der Waals surface area contributed by atoms with Gasteiger partial charge < -0.3 is 0 Å². The fraction of sp³-hybridized carbons (Fsp3) is 0.312. The van der Waals surface area contributed by atoms with Crippen molar-refractivity contribution in [3.8, 4) is 23.7 Å². The predicted octanol–water partition coefficient (Wildman–Crippen LogP) is 8.23. The van der Waals surface area contributed by atoms with E-state index in [1.165, 1.54) is 43.4 Å². The molecule has 0 atom stereocenters. The van der Waals surface area contributed by atoms with Gasteiger partial charge in [0.25, 0.3) is 0 Å². The first-order valence-electron chi connectivity index (χ1n) is 12.3. The molecule has 0 spiro atoms. The zero-order valence-corrected chi connectivity index (χ0v) is 20.2. The van der Waals surface area contributed by atoms with Gasteiger partial charge in [0, 0.05) is 16.7 Å². The van der Waals surface area contributed by atoms with Gasteiger partial charge in [-0.1, -0.05) is 81.4 Å². The standard InChI is InChI=1S/C32H32F2/c1-3-5-7-8-9-25-11-13-26(14-12-25)15-16-27-18-21-30(32(34)23-27)22-19-28-17-20-29(10-6-4-2)31(33)24-28/h11-14,17-18,20-21,23-24H,3-10H2,1-2H3. The molecule has 2 heteroatoms. The highest BCUT2D eigenvalue weighted by Crippen LogP contribution is 2.14. The normalized spacial score (nSPS) is 10.2. The molecule has 3 aromatic carbocycles. The molecule has 3 aromatic rings. The van der Waals surface area contributed by atoms with Crippen molar-refractivity contribution in [1.82, 2.24) is 0 Å². The van der Waals surface area contributed by atoms with E-state index in [4.69, 9.17) is 0 Å². The molecule has 0 aliphatic rings. The number of hydrogen-bond donors (Lipinski definition) is 0. The Morgan fingerprint density at radius 3 is 1.85 bits per heavy atom. The molecule has 0 nitrogen and oxygen atoms in total. The summed E-state index contributed by atoms with van der Waals surface area (Å²) in [4.78, 5) is 0. The van der Waals surface area contributed by atoms with Crippen molar-refractivity contribution in [1.29, 1.82) is 0 Å². The second-order valence-corrected chi connectivity index (χ2v) is 8.61. The minimum Gasteiger partial charge on any atom is -0.207 e. The van der Waals surface area contributed by atoms with Crippen molar-refractivity contribution in [3.63, 3.8) is 0 Å². The molecule has 0 N–H and O–H groups in total. The molecule has 0 radical (unpaired) electrons. The molecule has 0 aliphatic heterocycles. The fourth-order valence-electron chi connectivity index (χ4n) is 3.68. The summed E-state index contributed by atoms with van der Waals surface area (Å²) in [6.45, 7) is 4.30. The van der Waals surface area contributed by atoms with Crippen LogP contribution in [0, 0.1) is 35.3 Å². The van der Waals surface area contributed by atoms with Crippen LogP contribution in [-0.2, 0) is 12.8 Å². The van der Waals surface area contributed by atoms with Gasteiger partial charge in [-0.15, -0.1) is 0 Å². The van der Waals surface area contributed by atoms with E-state index < -0.39 is 5.82 Å². The first kappa shape index (κ1) is 25.3. The van der Waals surface area contributed by atoms with Crippen LogP contribution in [0.4, 0.5) is 8.78 Å². The van der Waals surface area contributed by atoms with Crippen molar-refractivity contribution in [2.45, 2.75) is 65.2 Å². The second-order valence-electron chi connectivity index (χ2n) is 8.61. The molecule has 0 unspecified atom stereocenters. The second kappa shape index (κ2) is 13.4. The summed E-state index contributed by atoms with van der Waals surface area (Å²) in [7, 11) is 0. The summed E-state index contributed by atoms with van der Waals surface area (Å²) in [6.07, 6.45) is 8.80. The Kier molecular flexibility index (Phi) is 9.94. The topological polar surface area (TPSA) is 0 Å². The molecule has 0 aliphatic carbocycles. The summed E-state index contributed by atoms with van der Waals surface area (Å²) < 4.78 is 28.7. The SMILES string of the molecule is CCCCCCc1ccc(C#Cc2ccc(C#Cc3ccc(CCCC)c(F)c3)c(F)c2)cc1. The maximum absolute atomic E-state index is 14.5. The molecule has 34 heavy (non-hydrogen) atoms. The fourth-order valence-corrected chi connectivity index (χ4v) is 3.68. The molecular formula is C32H32F2. The number of aryl methyl sites for hydroxylation is 2. The van der Waals surface area contributed by atoms with Gasteiger partial charge in [-0.05, 0) is 79.3 Å². The van der Waals surface area contributed by atoms with Gasteiger partial charge in [-0.3, -0.25) is 0 Å². The summed E-state index contributed by atoms with van der Waals surface area (Å²) >= 11 is 0. The van der Waals surface area contributed by atoms with E-state index in [0.29, 0.717) is 16.7 Å². The van der Waals surface area contributed by atoms with E-state index in [-0.39, 0.29) is 11.4 Å². The van der Waals surface area contributed by atoms with E-state index in [0.717, 1.165) is 31.2 Å². The van der Waals surface area contributed by atoms with Crippen LogP contribution in [0.1, 0.15) is 85.8 Å². The zero-order chi connectivity index (χ0) is 24.2. The Labute approximate surface area is 203 Å². The van der Waals surface area contributed by atoms with Gasteiger partial charge >= 0.3 is 0 Å². The van der Waals surface area contributed by atoms with Gasteiger partial charge in [-0.2, -0.15) is 0 Å². The summed E-state index contributed by atoms with van der Waals surface area (Å²) in [5, 5.41) is 0. The lowest BCUT2D eigenvalue weighted by atomic mass is 10.0. The van der Waals surface area contributed by atoms with Crippen LogP contribution in [0.2, 0.25) is 0 Å². The third-order valence-corrected chi connectivity index (χ3v) is 5.79. The summed E-state index contributed by atoms with van der Waals surface area (Å²) in [5.74, 6) is 11.1. The van der Waals surface area contributed by atoms with Gasteiger partial charge in [-0.25, -0.2) is 8.78 Å². The number of hydrogen-bond acceptors (Lipinski definition) is 0. The largest absolute Gasteiger partial charge is 0.207 e. The van der Waals surface area contributed by atoms with Crippen molar-refractivity contribution in [2.75, 3.05) is 0 Å². The maximum Gasteiger partial charge on any atom is 0.140 e. The predicted molar refractivity (Wildman–Crippen MR) is 138 cm³/mol. The minimum atomic E-state index is -0.429. The lowest BCUT2D eigenvalue weighted by molar-refractivity contribution is 0.603. The molecule has 174 valence electrons. The monoisotopic (exact) mass is 454 g/mol. The maximum atomic E-state index is 14.5. The lowest BCUT2D eigenvalue weighted by Crippen LogP contribution is -1.91. The highest BCUT2D eigenvalue weighted by Gasteiger charge is 2.03. The molecule has 0 aromatic heterocycles. The van der Waals surface area contributed by atoms with Gasteiger partial charge in [0.05, 0.1) is 5.56 Å². The van der Waals surface area contributed by atoms with E-state index >= 15 is 0 Å². The van der Waals surface area contributed by atoms with Crippen LogP contribution in [0.5, 0.6) is 0 Å². The van der Waals surface area contributed by atoms with Crippen LogP contribution in [0.15, 0.2) is 60.7 Å². The van der Waals surface area contributed by atoms with E-state index in [1.807, 2.05) is 12.1 Å². The number of benzene rings is 3. The molecular weight excluding hydrogens is 422 g/mol. The lowest BCUT2D eigenvalue weighted by Gasteiger charge is -2.02. The van der Waals surface area contributed by atoms with Crippen LogP contribution in [0.25, 0.3) is 0 Å². The van der Waals surface area contributed by atoms with Crippen LogP contribution in [0.3, 0.4) is 0 Å². The van der Waals surface area contributed by atoms with Gasteiger partial charge in [0.1, 0.15) is 11.6 Å². The van der Waals surface area contributed by atoms with E-state index in [2.05, 4.69) is 49.7 Å². The van der Waals surface area contributed by atoms with Crippen molar-refractivity contribution >= 4 is 0 Å². The van der Waals surface area contributed by atoms with Crippen LogP contribution in [-0.4, -0.2) is 0 Å². The molecule has 0 fully saturated rings. The first-order valence-corrected chi connectivity index (χ1v) is 12.3. The van der Waals surface area contributed by atoms with Crippen LogP contribution >= 0.6 is 0 Å². The summed E-state index contributed by atoms with van der Waals surface area (Å²) in [5.41, 5.74) is 4.33. The average Bonchev–Trinajstić information content (AvgIpc) is 2.85. The van der Waals surface area contributed by atoms with Crippen molar-refractivity contribution in [3.05, 3.63) is 106 Å². The Hall–Kier alpha value is -3.36. The third kappa shape index (κ3) is 7.90. The van der Waals surface area contributed by atoms with Crippen molar-refractivity contribution < 1.29 is 8.78 Å². The molecule has 0 amide bonds. The Bertz CT molecular complexity index is 1200. The average molecular weight is 455 g/mol. The summed E-state index contributed by atoms with van der Waals surface area (Å²) in [6, 6.07) is 18.0. The van der Waals surface area contributed by atoms with Gasteiger partial charge in [0.2, 0.25) is 0 Å². The quantitative estimate of drug-likeness (QED) is 0.237. The number of rotatable bonds is 8. The van der Waals surface area contributed by atoms with Crippen LogP contribution < -0.4 is 0 Å². The smallest absolute Gasteiger partial charge is 0.140 e. The zero-order valence-electron chi connectivity index (χ0n) is 20.2. The Balaban J connectivity index is 1.63. The first-order chi connectivity index (χ1) is 16.6. The van der Waals surface area contributed by atoms with E-state index in [1.54, 1.807) is 24.3 Å². The van der Waals surface area contributed by atoms with Gasteiger partial charge in [0.15, 0.2) is 0 Å². The molecule has 0 heterocycles. The molecule has 0 saturated heterocycles. The molecule has 0 bridgehead atoms. The Morgan fingerprint density at radius 1 is 0.559 bits per heavy atom. The molecule has 3 rings (SSSR count). The number of halogens is 2. The minimum absolute atomic E-state index is 0.254. The highest BCUT2D eigenvalue weighted by molar-refractivity contribution is 5.49. The number of unbranched alkanes of at least 4 members (excludes halogenated alkanes) is 4.